The SMILES string of the molecule is CC1(C)CN(C2(CNC(=O)CCNC(N)=O)CCCCC2)CCO1. The molecule has 138 valence electrons. The lowest BCUT2D eigenvalue weighted by Gasteiger charge is -2.51. The van der Waals surface area contributed by atoms with E-state index in [2.05, 4.69) is 29.4 Å². The lowest BCUT2D eigenvalue weighted by molar-refractivity contribution is -0.129. The smallest absolute Gasteiger partial charge is 0.312 e. The average Bonchev–Trinajstić information content (AvgIpc) is 2.52. The third-order valence-corrected chi connectivity index (χ3v) is 5.15. The van der Waals surface area contributed by atoms with Crippen molar-refractivity contribution in [3.63, 3.8) is 0 Å². The summed E-state index contributed by atoms with van der Waals surface area (Å²) in [6.45, 7) is 7.75. The van der Waals surface area contributed by atoms with Gasteiger partial charge in [-0.3, -0.25) is 9.69 Å². The second kappa shape index (κ2) is 8.16. The van der Waals surface area contributed by atoms with Gasteiger partial charge in [0.25, 0.3) is 0 Å². The molecule has 2 fully saturated rings. The third-order valence-electron chi connectivity index (χ3n) is 5.15. The Morgan fingerprint density at radius 3 is 2.50 bits per heavy atom. The molecule has 24 heavy (non-hydrogen) atoms. The van der Waals surface area contributed by atoms with E-state index in [-0.39, 0.29) is 30.0 Å². The standard InChI is InChI=1S/C17H32N4O3/c1-16(2)13-21(10-11-24-16)17(7-4-3-5-8-17)12-20-14(22)6-9-19-15(18)23/h3-13H2,1-2H3,(H,20,22)(H3,18,19,23). The maximum atomic E-state index is 12.1. The van der Waals surface area contributed by atoms with Gasteiger partial charge >= 0.3 is 6.03 Å². The highest BCUT2D eigenvalue weighted by Crippen LogP contribution is 2.36. The number of rotatable bonds is 6. The fourth-order valence-electron chi connectivity index (χ4n) is 3.89. The maximum Gasteiger partial charge on any atom is 0.312 e. The predicted octanol–water partition coefficient (Wildman–Crippen LogP) is 0.975. The molecule has 0 spiro atoms. The quantitative estimate of drug-likeness (QED) is 0.671. The van der Waals surface area contributed by atoms with Gasteiger partial charge in [-0.15, -0.1) is 0 Å². The molecule has 0 radical (unpaired) electrons. The minimum atomic E-state index is -0.595. The average molecular weight is 340 g/mol. The van der Waals surface area contributed by atoms with Crippen LogP contribution in [0, 0.1) is 0 Å². The summed E-state index contributed by atoms with van der Waals surface area (Å²) in [5.74, 6) is -0.0405. The van der Waals surface area contributed by atoms with Gasteiger partial charge in [-0.1, -0.05) is 19.3 Å². The molecule has 7 nitrogen and oxygen atoms in total. The first kappa shape index (κ1) is 19.0. The van der Waals surface area contributed by atoms with Crippen LogP contribution in [0.15, 0.2) is 0 Å². The molecule has 0 aromatic rings. The highest BCUT2D eigenvalue weighted by molar-refractivity contribution is 5.77. The fraction of sp³-hybridized carbons (Fsp3) is 0.882. The van der Waals surface area contributed by atoms with Gasteiger partial charge in [0.15, 0.2) is 0 Å². The molecule has 2 rings (SSSR count). The number of nitrogens with two attached hydrogens (primary N) is 1. The zero-order valence-corrected chi connectivity index (χ0v) is 15.0. The van der Waals surface area contributed by atoms with Gasteiger partial charge in [0.05, 0.1) is 12.2 Å². The van der Waals surface area contributed by atoms with Crippen molar-refractivity contribution in [3.05, 3.63) is 0 Å². The van der Waals surface area contributed by atoms with Crippen molar-refractivity contribution in [2.45, 2.75) is 63.5 Å². The van der Waals surface area contributed by atoms with E-state index in [1.807, 2.05) is 0 Å². The molecule has 0 aromatic heterocycles. The van der Waals surface area contributed by atoms with E-state index in [1.165, 1.54) is 19.3 Å². The van der Waals surface area contributed by atoms with Crippen LogP contribution in [0.25, 0.3) is 0 Å². The minimum absolute atomic E-state index is 0.0338. The van der Waals surface area contributed by atoms with Crippen LogP contribution >= 0.6 is 0 Å². The number of nitrogens with one attached hydrogen (secondary N) is 2. The number of ether oxygens (including phenoxy) is 1. The Balaban J connectivity index is 1.92. The number of morpholine rings is 1. The molecule has 0 bridgehead atoms. The fourth-order valence-corrected chi connectivity index (χ4v) is 3.89. The normalized spacial score (nSPS) is 23.4. The number of carbonyl (C=O) groups is 2. The second-order valence-corrected chi connectivity index (χ2v) is 7.63. The van der Waals surface area contributed by atoms with Crippen molar-refractivity contribution >= 4 is 11.9 Å². The number of nitrogens with zero attached hydrogens (tertiary/aromatic N) is 1. The molecule has 1 aliphatic carbocycles. The molecule has 3 amide bonds. The van der Waals surface area contributed by atoms with E-state index in [9.17, 15) is 9.59 Å². The Morgan fingerprint density at radius 2 is 1.88 bits per heavy atom. The second-order valence-electron chi connectivity index (χ2n) is 7.63. The van der Waals surface area contributed by atoms with Gasteiger partial charge in [0.1, 0.15) is 0 Å². The monoisotopic (exact) mass is 340 g/mol. The Hall–Kier alpha value is -1.34. The topological polar surface area (TPSA) is 96.7 Å². The van der Waals surface area contributed by atoms with Gasteiger partial charge in [-0.2, -0.15) is 0 Å². The van der Waals surface area contributed by atoms with E-state index < -0.39 is 6.03 Å². The Kier molecular flexibility index (Phi) is 6.46. The van der Waals surface area contributed by atoms with E-state index in [0.29, 0.717) is 6.54 Å². The van der Waals surface area contributed by atoms with Crippen LogP contribution in [0.3, 0.4) is 0 Å². The van der Waals surface area contributed by atoms with Gasteiger partial charge in [0, 0.05) is 38.1 Å². The molecule has 4 N–H and O–H groups in total. The molecular weight excluding hydrogens is 308 g/mol. The van der Waals surface area contributed by atoms with Crippen molar-refractivity contribution < 1.29 is 14.3 Å². The minimum Gasteiger partial charge on any atom is -0.373 e. The first-order valence-electron chi connectivity index (χ1n) is 9.02. The summed E-state index contributed by atoms with van der Waals surface area (Å²) in [4.78, 5) is 25.3. The van der Waals surface area contributed by atoms with Crippen LogP contribution in [0.1, 0.15) is 52.4 Å². The Labute approximate surface area is 144 Å². The molecule has 1 saturated carbocycles. The lowest BCUT2D eigenvalue weighted by atomic mass is 9.79. The van der Waals surface area contributed by atoms with Crippen molar-refractivity contribution in [3.8, 4) is 0 Å². The molecule has 0 aromatic carbocycles. The lowest BCUT2D eigenvalue weighted by Crippen LogP contribution is -2.63. The molecule has 2 aliphatic rings. The third kappa shape index (κ3) is 5.34. The summed E-state index contributed by atoms with van der Waals surface area (Å²) < 4.78 is 5.85. The first-order valence-corrected chi connectivity index (χ1v) is 9.02. The first-order chi connectivity index (χ1) is 11.3. The molecule has 1 saturated heterocycles. The van der Waals surface area contributed by atoms with Crippen LogP contribution in [0.2, 0.25) is 0 Å². The van der Waals surface area contributed by atoms with Gasteiger partial charge in [-0.05, 0) is 26.7 Å². The van der Waals surface area contributed by atoms with Crippen molar-refractivity contribution in [2.24, 2.45) is 5.73 Å². The summed E-state index contributed by atoms with van der Waals surface area (Å²) in [5.41, 5.74) is 4.91. The van der Waals surface area contributed by atoms with Gasteiger partial charge < -0.3 is 21.1 Å². The van der Waals surface area contributed by atoms with E-state index in [1.54, 1.807) is 0 Å². The van der Waals surface area contributed by atoms with Crippen molar-refractivity contribution in [1.82, 2.24) is 15.5 Å². The zero-order chi connectivity index (χ0) is 17.6. The number of hydrogen-bond acceptors (Lipinski definition) is 4. The van der Waals surface area contributed by atoms with Crippen molar-refractivity contribution in [2.75, 3.05) is 32.8 Å². The Bertz CT molecular complexity index is 447. The zero-order valence-electron chi connectivity index (χ0n) is 15.0. The highest BCUT2D eigenvalue weighted by Gasteiger charge is 2.42. The summed E-state index contributed by atoms with van der Waals surface area (Å²) >= 11 is 0. The number of amides is 3. The van der Waals surface area contributed by atoms with Crippen LogP contribution in [0.5, 0.6) is 0 Å². The number of primary amides is 1. The maximum absolute atomic E-state index is 12.1. The Morgan fingerprint density at radius 1 is 1.17 bits per heavy atom. The van der Waals surface area contributed by atoms with Crippen LogP contribution in [-0.4, -0.2) is 60.8 Å². The van der Waals surface area contributed by atoms with Crippen LogP contribution in [-0.2, 0) is 9.53 Å². The number of carbonyl (C=O) groups excluding carboxylic acids is 2. The van der Waals surface area contributed by atoms with E-state index in [0.717, 1.165) is 32.5 Å². The summed E-state index contributed by atoms with van der Waals surface area (Å²) in [6, 6.07) is -0.595. The summed E-state index contributed by atoms with van der Waals surface area (Å²) in [6.07, 6.45) is 6.17. The van der Waals surface area contributed by atoms with Crippen molar-refractivity contribution in [1.29, 1.82) is 0 Å². The number of urea groups is 1. The summed E-state index contributed by atoms with van der Waals surface area (Å²) in [7, 11) is 0. The highest BCUT2D eigenvalue weighted by atomic mass is 16.5. The summed E-state index contributed by atoms with van der Waals surface area (Å²) in [5, 5.41) is 5.53. The molecule has 1 aliphatic heterocycles. The molecule has 7 heteroatoms. The number of hydrogen-bond donors (Lipinski definition) is 3. The molecule has 1 heterocycles. The largest absolute Gasteiger partial charge is 0.373 e. The van der Waals surface area contributed by atoms with Crippen LogP contribution in [0.4, 0.5) is 4.79 Å². The van der Waals surface area contributed by atoms with Gasteiger partial charge in [0.2, 0.25) is 5.91 Å². The van der Waals surface area contributed by atoms with E-state index in [4.69, 9.17) is 10.5 Å². The van der Waals surface area contributed by atoms with Crippen LogP contribution < -0.4 is 16.4 Å². The van der Waals surface area contributed by atoms with E-state index >= 15 is 0 Å². The predicted molar refractivity (Wildman–Crippen MR) is 92.6 cm³/mol. The molecule has 0 atom stereocenters. The van der Waals surface area contributed by atoms with Gasteiger partial charge in [-0.25, -0.2) is 4.79 Å². The molecular formula is C17H32N4O3. The molecule has 0 unspecified atom stereocenters.